The second-order valence-electron chi connectivity index (χ2n) is 6.62. The molecule has 0 aliphatic heterocycles. The summed E-state index contributed by atoms with van der Waals surface area (Å²) in [5.41, 5.74) is 4.28. The Bertz CT molecular complexity index is 1190. The molecule has 3 aromatic rings. The second-order valence-corrected chi connectivity index (χ2v) is 6.62. The van der Waals surface area contributed by atoms with E-state index in [1.807, 2.05) is 0 Å². The van der Waals surface area contributed by atoms with Gasteiger partial charge in [0, 0.05) is 11.2 Å². The Labute approximate surface area is 167 Å². The van der Waals surface area contributed by atoms with Crippen LogP contribution in [0.1, 0.15) is 21.5 Å². The summed E-state index contributed by atoms with van der Waals surface area (Å²) in [4.78, 5) is 37.9. The number of rotatable bonds is 5. The van der Waals surface area contributed by atoms with Gasteiger partial charge in [-0.2, -0.15) is 13.2 Å². The summed E-state index contributed by atoms with van der Waals surface area (Å²) in [7, 11) is 0. The molecule has 7 nitrogen and oxygen atoms in total. The molecule has 1 aromatic heterocycles. The summed E-state index contributed by atoms with van der Waals surface area (Å²) in [6.45, 7) is 0. The van der Waals surface area contributed by atoms with Crippen molar-refractivity contribution in [3.63, 3.8) is 0 Å². The summed E-state index contributed by atoms with van der Waals surface area (Å²) in [5, 5.41) is 11.7. The fraction of sp³-hybridized carbons (Fsp3) is 0.150. The molecule has 156 valence electrons. The molecule has 30 heavy (non-hydrogen) atoms. The van der Waals surface area contributed by atoms with Gasteiger partial charge >= 0.3 is 12.1 Å². The SMILES string of the molecule is N[C@@H](Cc1cccc(NC(=O)c2cc3ccc(C(F)(F)F)cc3[nH]c2=O)c1)C(=O)O. The average molecular weight is 419 g/mol. The lowest BCUT2D eigenvalue weighted by molar-refractivity contribution is -0.139. The number of nitrogens with two attached hydrogens (primary N) is 1. The van der Waals surface area contributed by atoms with E-state index in [-0.39, 0.29) is 22.9 Å². The molecule has 0 bridgehead atoms. The number of fused-ring (bicyclic) bond motifs is 1. The van der Waals surface area contributed by atoms with Gasteiger partial charge < -0.3 is 21.1 Å². The summed E-state index contributed by atoms with van der Waals surface area (Å²) < 4.78 is 38.5. The van der Waals surface area contributed by atoms with Crippen molar-refractivity contribution in [2.45, 2.75) is 18.6 Å². The quantitative estimate of drug-likeness (QED) is 0.506. The zero-order chi connectivity index (χ0) is 22.1. The van der Waals surface area contributed by atoms with E-state index < -0.39 is 35.2 Å². The number of aliphatic carboxylic acids is 1. The maximum absolute atomic E-state index is 12.8. The Balaban J connectivity index is 1.86. The Morgan fingerprint density at radius 1 is 1.13 bits per heavy atom. The molecule has 0 radical (unpaired) electrons. The van der Waals surface area contributed by atoms with Crippen LogP contribution in [0.4, 0.5) is 18.9 Å². The fourth-order valence-corrected chi connectivity index (χ4v) is 2.86. The molecule has 0 fully saturated rings. The Hall–Kier alpha value is -3.66. The molecule has 0 spiro atoms. The minimum absolute atomic E-state index is 0.0388. The molecular weight excluding hydrogens is 403 g/mol. The topological polar surface area (TPSA) is 125 Å². The number of carboxylic acids is 1. The number of aromatic amines is 1. The molecule has 1 atom stereocenters. The minimum Gasteiger partial charge on any atom is -0.480 e. The van der Waals surface area contributed by atoms with Crippen molar-refractivity contribution in [2.24, 2.45) is 5.73 Å². The largest absolute Gasteiger partial charge is 0.480 e. The van der Waals surface area contributed by atoms with Gasteiger partial charge in [0.1, 0.15) is 11.6 Å². The number of alkyl halides is 3. The summed E-state index contributed by atoms with van der Waals surface area (Å²) in [6.07, 6.45) is -4.52. The number of halogens is 3. The summed E-state index contributed by atoms with van der Waals surface area (Å²) in [6, 6.07) is 9.20. The van der Waals surface area contributed by atoms with Crippen molar-refractivity contribution in [1.29, 1.82) is 0 Å². The van der Waals surface area contributed by atoms with E-state index in [0.717, 1.165) is 12.1 Å². The molecule has 5 N–H and O–H groups in total. The van der Waals surface area contributed by atoms with Crippen LogP contribution in [0.5, 0.6) is 0 Å². The molecule has 1 amide bonds. The molecule has 0 saturated carbocycles. The highest BCUT2D eigenvalue weighted by molar-refractivity contribution is 6.05. The van der Waals surface area contributed by atoms with Crippen LogP contribution >= 0.6 is 0 Å². The van der Waals surface area contributed by atoms with Gasteiger partial charge in [-0.15, -0.1) is 0 Å². The average Bonchev–Trinajstić information content (AvgIpc) is 2.66. The number of carboxylic acid groups (broad SMARTS) is 1. The van der Waals surface area contributed by atoms with Crippen molar-refractivity contribution >= 4 is 28.5 Å². The van der Waals surface area contributed by atoms with Crippen molar-refractivity contribution < 1.29 is 27.9 Å². The third-order valence-corrected chi connectivity index (χ3v) is 4.38. The molecule has 10 heteroatoms. The highest BCUT2D eigenvalue weighted by Gasteiger charge is 2.30. The first kappa shape index (κ1) is 21.1. The van der Waals surface area contributed by atoms with Gasteiger partial charge in [0.05, 0.1) is 5.56 Å². The van der Waals surface area contributed by atoms with E-state index in [1.165, 1.54) is 18.2 Å². The highest BCUT2D eigenvalue weighted by Crippen LogP contribution is 2.30. The maximum Gasteiger partial charge on any atom is 0.416 e. The molecule has 0 aliphatic rings. The van der Waals surface area contributed by atoms with E-state index in [9.17, 15) is 27.6 Å². The van der Waals surface area contributed by atoms with Crippen molar-refractivity contribution in [3.8, 4) is 0 Å². The van der Waals surface area contributed by atoms with E-state index in [2.05, 4.69) is 10.3 Å². The van der Waals surface area contributed by atoms with Crippen LogP contribution in [-0.4, -0.2) is 28.0 Å². The van der Waals surface area contributed by atoms with Gasteiger partial charge in [0.25, 0.3) is 11.5 Å². The van der Waals surface area contributed by atoms with Crippen molar-refractivity contribution in [2.75, 3.05) is 5.32 Å². The van der Waals surface area contributed by atoms with Crippen LogP contribution < -0.4 is 16.6 Å². The molecular formula is C20H16F3N3O4. The van der Waals surface area contributed by atoms with Gasteiger partial charge in [-0.25, -0.2) is 0 Å². The molecule has 0 aliphatic carbocycles. The number of amides is 1. The minimum atomic E-state index is -4.56. The number of hydrogen-bond donors (Lipinski definition) is 4. The van der Waals surface area contributed by atoms with E-state index in [1.54, 1.807) is 18.2 Å². The van der Waals surface area contributed by atoms with Crippen LogP contribution in [-0.2, 0) is 17.4 Å². The molecule has 0 unspecified atom stereocenters. The van der Waals surface area contributed by atoms with E-state index in [4.69, 9.17) is 10.8 Å². The van der Waals surface area contributed by atoms with Gasteiger partial charge in [0.2, 0.25) is 0 Å². The smallest absolute Gasteiger partial charge is 0.416 e. The van der Waals surface area contributed by atoms with Crippen molar-refractivity contribution in [3.05, 3.63) is 75.6 Å². The number of hydrogen-bond acceptors (Lipinski definition) is 4. The van der Waals surface area contributed by atoms with Gasteiger partial charge in [-0.1, -0.05) is 18.2 Å². The monoisotopic (exact) mass is 419 g/mol. The number of anilines is 1. The zero-order valence-corrected chi connectivity index (χ0v) is 15.3. The van der Waals surface area contributed by atoms with Crippen molar-refractivity contribution in [1.82, 2.24) is 4.98 Å². The first-order chi connectivity index (χ1) is 14.0. The number of aromatic nitrogens is 1. The van der Waals surface area contributed by atoms with Crippen LogP contribution in [0, 0.1) is 0 Å². The Morgan fingerprint density at radius 3 is 2.53 bits per heavy atom. The van der Waals surface area contributed by atoms with Gasteiger partial charge in [-0.3, -0.25) is 14.4 Å². The Morgan fingerprint density at radius 2 is 1.87 bits per heavy atom. The lowest BCUT2D eigenvalue weighted by atomic mass is 10.1. The maximum atomic E-state index is 12.8. The number of carbonyl (C=O) groups is 2. The lowest BCUT2D eigenvalue weighted by Gasteiger charge is -2.10. The predicted molar refractivity (Wildman–Crippen MR) is 103 cm³/mol. The lowest BCUT2D eigenvalue weighted by Crippen LogP contribution is -2.32. The first-order valence-electron chi connectivity index (χ1n) is 8.67. The van der Waals surface area contributed by atoms with Crippen LogP contribution in [0.25, 0.3) is 10.9 Å². The zero-order valence-electron chi connectivity index (χ0n) is 15.3. The number of H-pyrrole nitrogens is 1. The summed E-state index contributed by atoms with van der Waals surface area (Å²) in [5.74, 6) is -1.93. The highest BCUT2D eigenvalue weighted by atomic mass is 19.4. The molecule has 2 aromatic carbocycles. The normalized spacial score (nSPS) is 12.5. The van der Waals surface area contributed by atoms with Crippen LogP contribution in [0.3, 0.4) is 0 Å². The van der Waals surface area contributed by atoms with E-state index >= 15 is 0 Å². The van der Waals surface area contributed by atoms with Crippen LogP contribution in [0.2, 0.25) is 0 Å². The number of carbonyl (C=O) groups excluding carboxylic acids is 1. The van der Waals surface area contributed by atoms with Gasteiger partial charge in [0.15, 0.2) is 0 Å². The van der Waals surface area contributed by atoms with Gasteiger partial charge in [-0.05, 0) is 47.7 Å². The van der Waals surface area contributed by atoms with E-state index in [0.29, 0.717) is 11.3 Å². The van der Waals surface area contributed by atoms with Crippen LogP contribution in [0.15, 0.2) is 53.3 Å². The first-order valence-corrected chi connectivity index (χ1v) is 8.67. The fourth-order valence-electron chi connectivity index (χ4n) is 2.86. The predicted octanol–water partition coefficient (Wildman–Crippen LogP) is 2.75. The number of benzene rings is 2. The third kappa shape index (κ3) is 4.66. The molecule has 1 heterocycles. The third-order valence-electron chi connectivity index (χ3n) is 4.38. The molecule has 0 saturated heterocycles. The number of nitrogens with one attached hydrogen (secondary N) is 2. The molecule has 3 rings (SSSR count). The number of pyridine rings is 1. The standard InChI is InChI=1S/C20H16F3N3O4/c21-20(22,23)12-5-4-11-8-14(18(28)26-16(11)9-12)17(27)25-13-3-1-2-10(6-13)7-15(24)19(29)30/h1-6,8-9,15H,7,24H2,(H,25,27)(H,26,28)(H,29,30)/t15-/m0/s1. The second kappa shape index (κ2) is 7.99. The Kier molecular flexibility index (Phi) is 5.61. The summed E-state index contributed by atoms with van der Waals surface area (Å²) >= 11 is 0.